The van der Waals surface area contributed by atoms with Crippen molar-refractivity contribution in [3.63, 3.8) is 0 Å². The molecule has 1 unspecified atom stereocenters. The van der Waals surface area contributed by atoms with Gasteiger partial charge in [-0.25, -0.2) is 0 Å². The van der Waals surface area contributed by atoms with E-state index in [2.05, 4.69) is 22.7 Å². The Morgan fingerprint density at radius 2 is 2.43 bits per heavy atom. The number of nitrogens with zero attached hydrogens (tertiary/aromatic N) is 2. The molecule has 0 fully saturated rings. The molecule has 0 aliphatic carbocycles. The Kier molecular flexibility index (Phi) is 5.04. The van der Waals surface area contributed by atoms with Gasteiger partial charge in [0.15, 0.2) is 0 Å². The molecule has 3 nitrogen and oxygen atoms in total. The van der Waals surface area contributed by atoms with Crippen LogP contribution in [-0.2, 0) is 13.5 Å². The summed E-state index contributed by atoms with van der Waals surface area (Å²) in [6.45, 7) is 0. The molecule has 1 N–H and O–H groups in total. The summed E-state index contributed by atoms with van der Waals surface area (Å²) in [6, 6.07) is 2.70. The molecule has 1 atom stereocenters. The van der Waals surface area contributed by atoms with Crippen molar-refractivity contribution in [2.75, 3.05) is 19.1 Å². The van der Waals surface area contributed by atoms with Gasteiger partial charge in [-0.3, -0.25) is 4.68 Å². The maximum Gasteiger partial charge on any atom is 0.0492 e. The fraction of sp³-hybridized carbons (Fsp3) is 0.700. The molecular formula is C10H19N3S. The predicted molar refractivity (Wildman–Crippen MR) is 62.8 cm³/mol. The second kappa shape index (κ2) is 6.09. The average Bonchev–Trinajstić information content (AvgIpc) is 2.59. The van der Waals surface area contributed by atoms with Crippen LogP contribution in [0.3, 0.4) is 0 Å². The Labute approximate surface area is 90.3 Å². The third kappa shape index (κ3) is 3.35. The second-order valence-corrected chi connectivity index (χ2v) is 4.34. The van der Waals surface area contributed by atoms with Crippen molar-refractivity contribution in [1.82, 2.24) is 15.1 Å². The highest BCUT2D eigenvalue weighted by Gasteiger charge is 2.06. The minimum Gasteiger partial charge on any atom is -0.316 e. The lowest BCUT2D eigenvalue weighted by Gasteiger charge is -2.14. The highest BCUT2D eigenvalue weighted by molar-refractivity contribution is 7.98. The van der Waals surface area contributed by atoms with Crippen LogP contribution in [0.15, 0.2) is 12.3 Å². The molecule has 0 aliphatic rings. The lowest BCUT2D eigenvalue weighted by Crippen LogP contribution is -2.28. The van der Waals surface area contributed by atoms with Crippen molar-refractivity contribution in [2.24, 2.45) is 7.05 Å². The van der Waals surface area contributed by atoms with Crippen LogP contribution in [0.1, 0.15) is 12.1 Å². The average molecular weight is 213 g/mol. The molecule has 4 heteroatoms. The van der Waals surface area contributed by atoms with E-state index in [9.17, 15) is 0 Å². The highest BCUT2D eigenvalue weighted by atomic mass is 32.2. The van der Waals surface area contributed by atoms with Crippen LogP contribution in [-0.4, -0.2) is 34.9 Å². The number of hydrogen-bond acceptors (Lipinski definition) is 3. The van der Waals surface area contributed by atoms with Crippen LogP contribution in [0, 0.1) is 0 Å². The molecule has 0 aromatic carbocycles. The zero-order chi connectivity index (χ0) is 10.4. The zero-order valence-electron chi connectivity index (χ0n) is 9.16. The molecule has 0 spiro atoms. The Morgan fingerprint density at radius 1 is 1.64 bits per heavy atom. The fourth-order valence-corrected chi connectivity index (χ4v) is 2.22. The molecule has 1 rings (SSSR count). The van der Waals surface area contributed by atoms with Gasteiger partial charge in [0.05, 0.1) is 0 Å². The molecule has 1 heterocycles. The number of hydrogen-bond donors (Lipinski definition) is 1. The topological polar surface area (TPSA) is 29.9 Å². The molecule has 0 radical (unpaired) electrons. The van der Waals surface area contributed by atoms with Gasteiger partial charge in [0.25, 0.3) is 0 Å². The largest absolute Gasteiger partial charge is 0.316 e. The predicted octanol–water partition coefficient (Wildman–Crippen LogP) is 1.30. The normalized spacial score (nSPS) is 13.1. The van der Waals surface area contributed by atoms with Crippen molar-refractivity contribution >= 4 is 11.8 Å². The molecule has 1 aromatic heterocycles. The molecule has 0 amide bonds. The summed E-state index contributed by atoms with van der Waals surface area (Å²) >= 11 is 1.89. The van der Waals surface area contributed by atoms with E-state index in [0.717, 1.165) is 6.42 Å². The molecule has 14 heavy (non-hydrogen) atoms. The summed E-state index contributed by atoms with van der Waals surface area (Å²) in [4.78, 5) is 0. The molecule has 0 saturated heterocycles. The monoisotopic (exact) mass is 213 g/mol. The molecule has 0 aliphatic heterocycles. The van der Waals surface area contributed by atoms with Crippen LogP contribution in [0.25, 0.3) is 0 Å². The van der Waals surface area contributed by atoms with E-state index in [-0.39, 0.29) is 0 Å². The Bertz CT molecular complexity index is 260. The Balaban J connectivity index is 2.35. The molecular weight excluding hydrogens is 194 g/mol. The SMILES string of the molecule is CNC(CCc1ccnn1C)CSC. The highest BCUT2D eigenvalue weighted by Crippen LogP contribution is 2.07. The van der Waals surface area contributed by atoms with E-state index in [4.69, 9.17) is 0 Å². The standard InChI is InChI=1S/C10H19N3S/c1-11-9(8-14-3)4-5-10-6-7-12-13(10)2/h6-7,9,11H,4-5,8H2,1-3H3. The zero-order valence-corrected chi connectivity index (χ0v) is 9.97. The van der Waals surface area contributed by atoms with E-state index < -0.39 is 0 Å². The molecule has 80 valence electrons. The fourth-order valence-electron chi connectivity index (χ4n) is 1.48. The van der Waals surface area contributed by atoms with Crippen molar-refractivity contribution in [3.8, 4) is 0 Å². The lowest BCUT2D eigenvalue weighted by molar-refractivity contribution is 0.557. The van der Waals surface area contributed by atoms with E-state index in [1.54, 1.807) is 0 Å². The third-order valence-corrected chi connectivity index (χ3v) is 3.18. The van der Waals surface area contributed by atoms with Crippen molar-refractivity contribution in [2.45, 2.75) is 18.9 Å². The summed E-state index contributed by atoms with van der Waals surface area (Å²) in [5.74, 6) is 1.17. The third-order valence-electron chi connectivity index (χ3n) is 2.45. The van der Waals surface area contributed by atoms with Crippen LogP contribution in [0.2, 0.25) is 0 Å². The first-order chi connectivity index (χ1) is 6.77. The van der Waals surface area contributed by atoms with E-state index in [1.165, 1.54) is 17.9 Å². The second-order valence-electron chi connectivity index (χ2n) is 3.43. The van der Waals surface area contributed by atoms with Crippen LogP contribution in [0.5, 0.6) is 0 Å². The molecule has 0 saturated carbocycles. The minimum atomic E-state index is 0.611. The number of aryl methyl sites for hydroxylation is 2. The van der Waals surface area contributed by atoms with Gasteiger partial charge in [0.2, 0.25) is 0 Å². The number of nitrogens with one attached hydrogen (secondary N) is 1. The van der Waals surface area contributed by atoms with E-state index >= 15 is 0 Å². The summed E-state index contributed by atoms with van der Waals surface area (Å²) in [5.41, 5.74) is 1.31. The number of rotatable bonds is 6. The minimum absolute atomic E-state index is 0.611. The number of thioether (sulfide) groups is 1. The van der Waals surface area contributed by atoms with Crippen molar-refractivity contribution < 1.29 is 0 Å². The van der Waals surface area contributed by atoms with Crippen molar-refractivity contribution in [1.29, 1.82) is 0 Å². The van der Waals surface area contributed by atoms with E-state index in [0.29, 0.717) is 6.04 Å². The maximum atomic E-state index is 4.16. The Morgan fingerprint density at radius 3 is 2.93 bits per heavy atom. The Hall–Kier alpha value is -0.480. The van der Waals surface area contributed by atoms with Gasteiger partial charge in [0, 0.05) is 30.7 Å². The lowest BCUT2D eigenvalue weighted by atomic mass is 10.1. The van der Waals surface area contributed by atoms with Crippen molar-refractivity contribution in [3.05, 3.63) is 18.0 Å². The first-order valence-electron chi connectivity index (χ1n) is 4.91. The molecule has 1 aromatic rings. The quantitative estimate of drug-likeness (QED) is 0.772. The first-order valence-corrected chi connectivity index (χ1v) is 6.30. The maximum absolute atomic E-state index is 4.16. The van der Waals surface area contributed by atoms with Crippen LogP contribution < -0.4 is 5.32 Å². The molecule has 0 bridgehead atoms. The smallest absolute Gasteiger partial charge is 0.0492 e. The van der Waals surface area contributed by atoms with Crippen LogP contribution in [0.4, 0.5) is 0 Å². The van der Waals surface area contributed by atoms with Crippen LogP contribution >= 0.6 is 11.8 Å². The van der Waals surface area contributed by atoms with Gasteiger partial charge in [-0.15, -0.1) is 0 Å². The number of aromatic nitrogens is 2. The summed E-state index contributed by atoms with van der Waals surface area (Å²) in [7, 11) is 4.03. The van der Waals surface area contributed by atoms with Gasteiger partial charge < -0.3 is 5.32 Å². The van der Waals surface area contributed by atoms with Gasteiger partial charge in [-0.05, 0) is 32.2 Å². The first kappa shape index (κ1) is 11.6. The van der Waals surface area contributed by atoms with Gasteiger partial charge in [0.1, 0.15) is 0 Å². The van der Waals surface area contributed by atoms with Gasteiger partial charge in [-0.1, -0.05) is 0 Å². The summed E-state index contributed by atoms with van der Waals surface area (Å²) in [5, 5.41) is 7.49. The van der Waals surface area contributed by atoms with Gasteiger partial charge in [-0.2, -0.15) is 16.9 Å². The summed E-state index contributed by atoms with van der Waals surface area (Å²) in [6.07, 6.45) is 6.28. The van der Waals surface area contributed by atoms with Gasteiger partial charge >= 0.3 is 0 Å². The van der Waals surface area contributed by atoms with E-state index in [1.807, 2.05) is 36.7 Å². The summed E-state index contributed by atoms with van der Waals surface area (Å²) < 4.78 is 1.95.